The first-order valence-electron chi connectivity index (χ1n) is 8.41. The Morgan fingerprint density at radius 1 is 1.14 bits per heavy atom. The molecule has 1 N–H and O–H groups in total. The number of hydrogen-bond acceptors (Lipinski definition) is 4. The molecule has 8 heteroatoms. The molecule has 2 aliphatic carbocycles. The molecule has 4 nitrogen and oxygen atoms in total. The van der Waals surface area contributed by atoms with E-state index in [2.05, 4.69) is 6.58 Å². The van der Waals surface area contributed by atoms with Crippen LogP contribution in [0.15, 0.2) is 58.6 Å². The Morgan fingerprint density at radius 3 is 2.32 bits per heavy atom. The van der Waals surface area contributed by atoms with Crippen LogP contribution < -0.4 is 4.74 Å². The third kappa shape index (κ3) is 3.03. The highest BCUT2D eigenvalue weighted by atomic mass is 35.5. The number of alkyl halides is 2. The van der Waals surface area contributed by atoms with E-state index >= 15 is 0 Å². The minimum absolute atomic E-state index is 0.0125. The fourth-order valence-electron chi connectivity index (χ4n) is 3.63. The lowest BCUT2D eigenvalue weighted by Gasteiger charge is -2.49. The summed E-state index contributed by atoms with van der Waals surface area (Å²) in [6.07, 6.45) is 3.32. The summed E-state index contributed by atoms with van der Waals surface area (Å²) >= 11 is 25.6. The number of carbonyl (C=O) groups is 2. The van der Waals surface area contributed by atoms with E-state index < -0.39 is 37.3 Å². The number of fused-ring (bicyclic) bond motifs is 1. The highest BCUT2D eigenvalue weighted by Gasteiger charge is 2.68. The Balaban J connectivity index is 2.16. The number of aliphatic hydroxyl groups is 1. The van der Waals surface area contributed by atoms with Gasteiger partial charge in [0.15, 0.2) is 11.6 Å². The molecule has 0 aliphatic heterocycles. The SMILES string of the molecule is C=CC1=CC[C@@]2(Cl)C(=O)C(Cl)=C(Cl)C(=O)[C@@]2(Cl)[C@H]1c1ccc(OCCO)cc1. The van der Waals surface area contributed by atoms with Gasteiger partial charge in [0.1, 0.15) is 32.2 Å². The third-order valence-corrected chi connectivity index (χ3v) is 7.27. The third-order valence-electron chi connectivity index (χ3n) is 5.02. The summed E-state index contributed by atoms with van der Waals surface area (Å²) in [6, 6.07) is 6.78. The van der Waals surface area contributed by atoms with Crippen LogP contribution in [0.4, 0.5) is 0 Å². The molecule has 0 saturated heterocycles. The minimum atomic E-state index is -1.87. The summed E-state index contributed by atoms with van der Waals surface area (Å²) < 4.78 is 5.36. The molecule has 0 aromatic heterocycles. The van der Waals surface area contributed by atoms with Gasteiger partial charge in [-0.3, -0.25) is 9.59 Å². The predicted octanol–water partition coefficient (Wildman–Crippen LogP) is 4.45. The smallest absolute Gasteiger partial charge is 0.199 e. The highest BCUT2D eigenvalue weighted by molar-refractivity contribution is 6.66. The summed E-state index contributed by atoms with van der Waals surface area (Å²) in [7, 11) is 0. The predicted molar refractivity (Wildman–Crippen MR) is 111 cm³/mol. The molecule has 2 aliphatic rings. The summed E-state index contributed by atoms with van der Waals surface area (Å²) in [5.41, 5.74) is 1.28. The molecule has 0 unspecified atom stereocenters. The molecule has 3 atom stereocenters. The Bertz CT molecular complexity index is 905. The number of carbonyl (C=O) groups excluding carboxylic acids is 2. The normalized spacial score (nSPS) is 30.0. The zero-order chi connectivity index (χ0) is 20.7. The molecule has 3 rings (SSSR count). The molecule has 1 aromatic rings. The van der Waals surface area contributed by atoms with Gasteiger partial charge in [0, 0.05) is 5.92 Å². The van der Waals surface area contributed by atoms with Crippen LogP contribution in [0.25, 0.3) is 0 Å². The number of hydrogen-bond donors (Lipinski definition) is 1. The maximum Gasteiger partial charge on any atom is 0.199 e. The van der Waals surface area contributed by atoms with Crippen molar-refractivity contribution in [2.45, 2.75) is 22.1 Å². The van der Waals surface area contributed by atoms with Crippen molar-refractivity contribution < 1.29 is 19.4 Å². The number of allylic oxidation sites excluding steroid dienone is 5. The number of benzene rings is 1. The van der Waals surface area contributed by atoms with Crippen LogP contribution in [0.5, 0.6) is 5.75 Å². The standard InChI is InChI=1S/C20H16Cl4O4/c1-2-11-7-8-19(23)17(26)15(21)16(22)18(27)20(19,24)14(11)12-3-5-13(6-4-12)28-10-9-25/h2-7,14,25H,1,8-10H2/t14-,19-,20+/m1/s1. The Hall–Kier alpha value is -1.30. The van der Waals surface area contributed by atoms with Crippen LogP contribution in [-0.4, -0.2) is 39.6 Å². The second-order valence-corrected chi connectivity index (χ2v) is 8.48. The van der Waals surface area contributed by atoms with Crippen LogP contribution in [0, 0.1) is 0 Å². The van der Waals surface area contributed by atoms with Gasteiger partial charge >= 0.3 is 0 Å². The average Bonchev–Trinajstić information content (AvgIpc) is 2.71. The second kappa shape index (κ2) is 7.85. The molecule has 0 bridgehead atoms. The molecule has 0 radical (unpaired) electrons. The molecule has 148 valence electrons. The molecule has 0 saturated carbocycles. The average molecular weight is 462 g/mol. The highest BCUT2D eigenvalue weighted by Crippen LogP contribution is 2.59. The van der Waals surface area contributed by atoms with Gasteiger partial charge in [-0.2, -0.15) is 0 Å². The Labute approximate surface area is 182 Å². The van der Waals surface area contributed by atoms with E-state index in [0.717, 1.165) is 0 Å². The van der Waals surface area contributed by atoms with Gasteiger partial charge < -0.3 is 9.84 Å². The maximum atomic E-state index is 13.1. The Morgan fingerprint density at radius 2 is 1.75 bits per heavy atom. The van der Waals surface area contributed by atoms with Crippen molar-refractivity contribution in [3.05, 3.63) is 64.2 Å². The molecule has 1 aromatic carbocycles. The van der Waals surface area contributed by atoms with Crippen LogP contribution >= 0.6 is 46.4 Å². The zero-order valence-electron chi connectivity index (χ0n) is 14.6. The largest absolute Gasteiger partial charge is 0.491 e. The van der Waals surface area contributed by atoms with Gasteiger partial charge in [-0.05, 0) is 29.7 Å². The summed E-state index contributed by atoms with van der Waals surface area (Å²) in [5.74, 6) is -1.62. The lowest BCUT2D eigenvalue weighted by molar-refractivity contribution is -0.127. The number of rotatable bonds is 5. The van der Waals surface area contributed by atoms with Crippen molar-refractivity contribution in [3.8, 4) is 5.75 Å². The molecular formula is C20H16Cl4O4. The van der Waals surface area contributed by atoms with E-state index in [4.69, 9.17) is 56.2 Å². The zero-order valence-corrected chi connectivity index (χ0v) is 17.6. The maximum absolute atomic E-state index is 13.1. The van der Waals surface area contributed by atoms with Crippen LogP contribution in [0.1, 0.15) is 17.9 Å². The second-order valence-electron chi connectivity index (χ2n) is 6.49. The number of ketones is 2. The molecule has 0 spiro atoms. The molecule has 0 amide bonds. The number of aliphatic hydroxyl groups excluding tert-OH is 1. The Kier molecular flexibility index (Phi) is 6.00. The lowest BCUT2D eigenvalue weighted by Crippen LogP contribution is -2.64. The van der Waals surface area contributed by atoms with Crippen molar-refractivity contribution in [1.82, 2.24) is 0 Å². The first kappa shape index (κ1) is 21.4. The van der Waals surface area contributed by atoms with Crippen LogP contribution in [0.3, 0.4) is 0 Å². The van der Waals surface area contributed by atoms with Gasteiger partial charge in [0.25, 0.3) is 0 Å². The van der Waals surface area contributed by atoms with E-state index in [1.165, 1.54) is 0 Å². The quantitative estimate of drug-likeness (QED) is 0.657. The fourth-order valence-corrected chi connectivity index (χ4v) is 5.08. The van der Waals surface area contributed by atoms with Crippen molar-refractivity contribution in [2.75, 3.05) is 13.2 Å². The van der Waals surface area contributed by atoms with Crippen molar-refractivity contribution >= 4 is 58.0 Å². The van der Waals surface area contributed by atoms with Gasteiger partial charge in [0.2, 0.25) is 0 Å². The van der Waals surface area contributed by atoms with Gasteiger partial charge in [-0.1, -0.05) is 54.1 Å². The lowest BCUT2D eigenvalue weighted by atomic mass is 9.62. The van der Waals surface area contributed by atoms with Crippen molar-refractivity contribution in [2.24, 2.45) is 0 Å². The minimum Gasteiger partial charge on any atom is -0.491 e. The molecule has 0 fully saturated rings. The summed E-state index contributed by atoms with van der Waals surface area (Å²) in [6.45, 7) is 3.83. The monoisotopic (exact) mass is 460 g/mol. The van der Waals surface area contributed by atoms with Gasteiger partial charge in [0.05, 0.1) is 6.61 Å². The summed E-state index contributed by atoms with van der Waals surface area (Å²) in [4.78, 5) is 22.3. The number of halogens is 4. The van der Waals surface area contributed by atoms with E-state index in [1.54, 1.807) is 36.4 Å². The van der Waals surface area contributed by atoms with E-state index in [1.807, 2.05) is 0 Å². The topological polar surface area (TPSA) is 63.6 Å². The first-order valence-corrected chi connectivity index (χ1v) is 9.92. The van der Waals surface area contributed by atoms with Crippen molar-refractivity contribution in [3.63, 3.8) is 0 Å². The van der Waals surface area contributed by atoms with E-state index in [9.17, 15) is 9.59 Å². The molecule has 28 heavy (non-hydrogen) atoms. The van der Waals surface area contributed by atoms with Gasteiger partial charge in [-0.15, -0.1) is 23.2 Å². The molecule has 0 heterocycles. The van der Waals surface area contributed by atoms with E-state index in [0.29, 0.717) is 16.9 Å². The van der Waals surface area contributed by atoms with Gasteiger partial charge in [-0.25, -0.2) is 0 Å². The molecular weight excluding hydrogens is 446 g/mol. The van der Waals surface area contributed by atoms with Crippen LogP contribution in [0.2, 0.25) is 0 Å². The fraction of sp³-hybridized carbons (Fsp3) is 0.300. The number of ether oxygens (including phenoxy) is 1. The van der Waals surface area contributed by atoms with E-state index in [-0.39, 0.29) is 19.6 Å². The van der Waals surface area contributed by atoms with Crippen LogP contribution in [-0.2, 0) is 9.59 Å². The first-order chi connectivity index (χ1) is 13.2. The summed E-state index contributed by atoms with van der Waals surface area (Å²) in [5, 5.41) is 8.05. The number of Topliss-reactive ketones (excluding diaryl/α,β-unsaturated/α-hetero) is 2. The van der Waals surface area contributed by atoms with Crippen molar-refractivity contribution in [1.29, 1.82) is 0 Å².